The molecule has 0 saturated carbocycles. The number of amides is 1. The van der Waals surface area contributed by atoms with Gasteiger partial charge in [-0.25, -0.2) is 0 Å². The van der Waals surface area contributed by atoms with Gasteiger partial charge in [0.2, 0.25) is 5.91 Å². The number of carbonyl (C=O) groups is 1. The molecule has 3 heteroatoms. The number of hydrogen-bond donors (Lipinski definition) is 2. The quantitative estimate of drug-likeness (QED) is 0.630. The Bertz CT molecular complexity index is 410. The zero-order valence-corrected chi connectivity index (χ0v) is 9.13. The van der Waals surface area contributed by atoms with Gasteiger partial charge < -0.3 is 11.1 Å². The van der Waals surface area contributed by atoms with Crippen LogP contribution in [0.2, 0.25) is 0 Å². The Balaban J connectivity index is 2.53. The minimum Gasteiger partial charge on any atom is -0.399 e. The summed E-state index contributed by atoms with van der Waals surface area (Å²) >= 11 is 0. The lowest BCUT2D eigenvalue weighted by molar-refractivity contribution is -0.122. The number of nitrogens with two attached hydrogens (primary N) is 1. The molecule has 15 heavy (non-hydrogen) atoms. The Labute approximate surface area is 89.7 Å². The average molecular weight is 204 g/mol. The standard InChI is InChI=1S/C12H16N2O/c1-12(2)10-5-4-9(13)7-8(10)3-6-11(15)14-12/h4-5,7H,3,6,13H2,1-2H3,(H,14,15). The number of nitrogens with one attached hydrogen (secondary N) is 1. The van der Waals surface area contributed by atoms with Gasteiger partial charge >= 0.3 is 0 Å². The Morgan fingerprint density at radius 1 is 1.33 bits per heavy atom. The zero-order valence-electron chi connectivity index (χ0n) is 9.13. The van der Waals surface area contributed by atoms with E-state index in [0.29, 0.717) is 6.42 Å². The molecule has 1 aliphatic heterocycles. The van der Waals surface area contributed by atoms with E-state index in [1.54, 1.807) is 0 Å². The van der Waals surface area contributed by atoms with Crippen LogP contribution in [0, 0.1) is 0 Å². The maximum atomic E-state index is 11.5. The van der Waals surface area contributed by atoms with Crippen LogP contribution in [-0.2, 0) is 16.8 Å². The molecule has 0 aliphatic carbocycles. The van der Waals surface area contributed by atoms with E-state index < -0.39 is 0 Å². The first-order valence-corrected chi connectivity index (χ1v) is 5.19. The van der Waals surface area contributed by atoms with Gasteiger partial charge in [-0.1, -0.05) is 6.07 Å². The fourth-order valence-electron chi connectivity index (χ4n) is 2.16. The van der Waals surface area contributed by atoms with Crippen LogP contribution >= 0.6 is 0 Å². The molecule has 0 spiro atoms. The fraction of sp³-hybridized carbons (Fsp3) is 0.417. The Kier molecular flexibility index (Phi) is 2.18. The summed E-state index contributed by atoms with van der Waals surface area (Å²) in [6.45, 7) is 4.04. The number of rotatable bonds is 0. The van der Waals surface area contributed by atoms with E-state index in [2.05, 4.69) is 5.32 Å². The summed E-state index contributed by atoms with van der Waals surface area (Å²) < 4.78 is 0. The van der Waals surface area contributed by atoms with Crippen molar-refractivity contribution >= 4 is 11.6 Å². The number of carbonyl (C=O) groups excluding carboxylic acids is 1. The molecule has 0 saturated heterocycles. The van der Waals surface area contributed by atoms with Crippen molar-refractivity contribution in [1.82, 2.24) is 5.32 Å². The second kappa shape index (κ2) is 3.26. The number of hydrogen-bond acceptors (Lipinski definition) is 2. The van der Waals surface area contributed by atoms with Crippen LogP contribution in [0.5, 0.6) is 0 Å². The maximum Gasteiger partial charge on any atom is 0.221 e. The molecule has 1 heterocycles. The lowest BCUT2D eigenvalue weighted by Crippen LogP contribution is -2.39. The van der Waals surface area contributed by atoms with Gasteiger partial charge in [-0.15, -0.1) is 0 Å². The average Bonchev–Trinajstić information content (AvgIpc) is 2.23. The van der Waals surface area contributed by atoms with Crippen molar-refractivity contribution in [2.45, 2.75) is 32.2 Å². The van der Waals surface area contributed by atoms with Gasteiger partial charge in [-0.2, -0.15) is 0 Å². The molecular formula is C12H16N2O. The maximum absolute atomic E-state index is 11.5. The number of nitrogen functional groups attached to an aromatic ring is 1. The Morgan fingerprint density at radius 2 is 2.07 bits per heavy atom. The van der Waals surface area contributed by atoms with Gasteiger partial charge in [0, 0.05) is 12.1 Å². The lowest BCUT2D eigenvalue weighted by atomic mass is 9.89. The number of anilines is 1. The first kappa shape index (κ1) is 10.0. The van der Waals surface area contributed by atoms with Crippen LogP contribution in [0.4, 0.5) is 5.69 Å². The molecule has 0 bridgehead atoms. The number of benzene rings is 1. The van der Waals surface area contributed by atoms with Crippen LogP contribution in [0.3, 0.4) is 0 Å². The SMILES string of the molecule is CC1(C)NC(=O)CCc2cc(N)ccc21. The Hall–Kier alpha value is -1.51. The van der Waals surface area contributed by atoms with E-state index in [1.807, 2.05) is 32.0 Å². The molecule has 1 aromatic carbocycles. The summed E-state index contributed by atoms with van der Waals surface area (Å²) in [6, 6.07) is 5.87. The molecule has 0 fully saturated rings. The molecule has 1 aliphatic rings. The highest BCUT2D eigenvalue weighted by molar-refractivity contribution is 5.78. The van der Waals surface area contributed by atoms with E-state index in [0.717, 1.165) is 12.1 Å². The smallest absolute Gasteiger partial charge is 0.221 e. The molecular weight excluding hydrogens is 188 g/mol. The van der Waals surface area contributed by atoms with Crippen molar-refractivity contribution in [2.75, 3.05) is 5.73 Å². The highest BCUT2D eigenvalue weighted by Gasteiger charge is 2.28. The van der Waals surface area contributed by atoms with Crippen LogP contribution in [0.15, 0.2) is 18.2 Å². The highest BCUT2D eigenvalue weighted by atomic mass is 16.1. The zero-order chi connectivity index (χ0) is 11.1. The van der Waals surface area contributed by atoms with Gasteiger partial charge in [0.05, 0.1) is 5.54 Å². The summed E-state index contributed by atoms with van der Waals surface area (Å²) in [6.07, 6.45) is 1.32. The molecule has 3 N–H and O–H groups in total. The van der Waals surface area contributed by atoms with E-state index in [4.69, 9.17) is 5.73 Å². The van der Waals surface area contributed by atoms with Gasteiger partial charge in [0.15, 0.2) is 0 Å². The molecule has 0 aromatic heterocycles. The van der Waals surface area contributed by atoms with Crippen LogP contribution in [-0.4, -0.2) is 5.91 Å². The van der Waals surface area contributed by atoms with Crippen LogP contribution in [0.25, 0.3) is 0 Å². The number of fused-ring (bicyclic) bond motifs is 1. The van der Waals surface area contributed by atoms with Crippen LogP contribution in [0.1, 0.15) is 31.4 Å². The summed E-state index contributed by atoms with van der Waals surface area (Å²) in [4.78, 5) is 11.5. The van der Waals surface area contributed by atoms with E-state index in [9.17, 15) is 4.79 Å². The normalized spacial score (nSPS) is 18.9. The Morgan fingerprint density at radius 3 is 2.80 bits per heavy atom. The first-order chi connectivity index (χ1) is 6.99. The van der Waals surface area contributed by atoms with Gasteiger partial charge in [-0.3, -0.25) is 4.79 Å². The molecule has 3 nitrogen and oxygen atoms in total. The van der Waals surface area contributed by atoms with Crippen LogP contribution < -0.4 is 11.1 Å². The summed E-state index contributed by atoms with van der Waals surface area (Å²) in [7, 11) is 0. The van der Waals surface area contributed by atoms with Gasteiger partial charge in [-0.05, 0) is 43.5 Å². The minimum absolute atomic E-state index is 0.106. The van der Waals surface area contributed by atoms with Crippen molar-refractivity contribution in [3.8, 4) is 0 Å². The summed E-state index contributed by atoms with van der Waals surface area (Å²) in [5.74, 6) is 0.106. The first-order valence-electron chi connectivity index (χ1n) is 5.19. The third-order valence-electron chi connectivity index (χ3n) is 2.88. The topological polar surface area (TPSA) is 55.1 Å². The van der Waals surface area contributed by atoms with Gasteiger partial charge in [0.1, 0.15) is 0 Å². The summed E-state index contributed by atoms with van der Waals surface area (Å²) in [5, 5.41) is 3.01. The van der Waals surface area contributed by atoms with Crippen molar-refractivity contribution in [3.05, 3.63) is 29.3 Å². The van der Waals surface area contributed by atoms with Crippen molar-refractivity contribution in [3.63, 3.8) is 0 Å². The van der Waals surface area contributed by atoms with Gasteiger partial charge in [0.25, 0.3) is 0 Å². The van der Waals surface area contributed by atoms with Crippen molar-refractivity contribution in [1.29, 1.82) is 0 Å². The third-order valence-corrected chi connectivity index (χ3v) is 2.88. The minimum atomic E-state index is -0.295. The summed E-state index contributed by atoms with van der Waals surface area (Å²) in [5.41, 5.74) is 8.57. The largest absolute Gasteiger partial charge is 0.399 e. The fourth-order valence-corrected chi connectivity index (χ4v) is 2.16. The number of aryl methyl sites for hydroxylation is 1. The molecule has 1 aromatic rings. The monoisotopic (exact) mass is 204 g/mol. The highest BCUT2D eigenvalue weighted by Crippen LogP contribution is 2.29. The lowest BCUT2D eigenvalue weighted by Gasteiger charge is -2.26. The molecule has 0 atom stereocenters. The molecule has 0 radical (unpaired) electrons. The van der Waals surface area contributed by atoms with Crippen molar-refractivity contribution in [2.24, 2.45) is 0 Å². The van der Waals surface area contributed by atoms with E-state index in [-0.39, 0.29) is 11.4 Å². The second-order valence-corrected chi connectivity index (χ2v) is 4.59. The molecule has 80 valence electrons. The van der Waals surface area contributed by atoms with Crippen molar-refractivity contribution < 1.29 is 4.79 Å². The molecule has 0 unspecified atom stereocenters. The third kappa shape index (κ3) is 1.82. The second-order valence-electron chi connectivity index (χ2n) is 4.59. The molecule has 1 amide bonds. The van der Waals surface area contributed by atoms with E-state index >= 15 is 0 Å². The predicted molar refractivity (Wildman–Crippen MR) is 60.3 cm³/mol. The molecule has 2 rings (SSSR count). The predicted octanol–water partition coefficient (Wildman–Crippen LogP) is 1.57. The van der Waals surface area contributed by atoms with E-state index in [1.165, 1.54) is 11.1 Å².